The van der Waals surface area contributed by atoms with E-state index < -0.39 is 0 Å². The molecule has 4 heteroatoms. The van der Waals surface area contributed by atoms with Crippen LogP contribution in [0.5, 0.6) is 0 Å². The van der Waals surface area contributed by atoms with Gasteiger partial charge in [-0.05, 0) is 24.0 Å². The van der Waals surface area contributed by atoms with E-state index in [0.717, 1.165) is 30.4 Å². The Bertz CT molecular complexity index is 377. The number of nitro groups is 1. The average molecular weight is 222 g/mol. The highest BCUT2D eigenvalue weighted by Gasteiger charge is 2.14. The number of aryl methyl sites for hydroxylation is 1. The van der Waals surface area contributed by atoms with Crippen LogP contribution in [0.4, 0.5) is 5.69 Å². The average Bonchev–Trinajstić information content (AvgIpc) is 2.28. The zero-order chi connectivity index (χ0) is 12.1. The van der Waals surface area contributed by atoms with Gasteiger partial charge >= 0.3 is 0 Å². The summed E-state index contributed by atoms with van der Waals surface area (Å²) in [5.74, 6) is 0. The van der Waals surface area contributed by atoms with E-state index in [1.807, 2.05) is 13.0 Å². The maximum absolute atomic E-state index is 10.7. The van der Waals surface area contributed by atoms with Crippen LogP contribution in [0.3, 0.4) is 0 Å². The fourth-order valence-corrected chi connectivity index (χ4v) is 1.83. The molecule has 0 radical (unpaired) electrons. The lowest BCUT2D eigenvalue weighted by molar-refractivity contribution is -0.384. The van der Waals surface area contributed by atoms with Crippen molar-refractivity contribution in [2.45, 2.75) is 39.2 Å². The zero-order valence-corrected chi connectivity index (χ0v) is 9.77. The van der Waals surface area contributed by atoms with Crippen LogP contribution in [-0.4, -0.2) is 4.92 Å². The number of nitrogens with two attached hydrogens (primary N) is 1. The van der Waals surface area contributed by atoms with Crippen LogP contribution in [0.1, 0.15) is 43.9 Å². The Morgan fingerprint density at radius 2 is 2.12 bits per heavy atom. The van der Waals surface area contributed by atoms with Gasteiger partial charge in [0.2, 0.25) is 0 Å². The first kappa shape index (κ1) is 12.6. The molecule has 0 heterocycles. The van der Waals surface area contributed by atoms with Crippen molar-refractivity contribution in [2.75, 3.05) is 0 Å². The van der Waals surface area contributed by atoms with Crippen molar-refractivity contribution in [1.82, 2.24) is 0 Å². The number of nitrogens with zero attached hydrogens (tertiary/aromatic N) is 1. The van der Waals surface area contributed by atoms with E-state index in [4.69, 9.17) is 5.73 Å². The van der Waals surface area contributed by atoms with Crippen LogP contribution in [0.15, 0.2) is 18.2 Å². The van der Waals surface area contributed by atoms with Crippen molar-refractivity contribution < 1.29 is 4.92 Å². The maximum Gasteiger partial charge on any atom is 0.269 e. The summed E-state index contributed by atoms with van der Waals surface area (Å²) in [6, 6.07) is 4.86. The summed E-state index contributed by atoms with van der Waals surface area (Å²) in [5, 5.41) is 10.7. The van der Waals surface area contributed by atoms with E-state index in [2.05, 4.69) is 6.92 Å². The molecular weight excluding hydrogens is 204 g/mol. The lowest BCUT2D eigenvalue weighted by atomic mass is 9.96. The molecule has 0 aromatic heterocycles. The zero-order valence-electron chi connectivity index (χ0n) is 9.77. The molecule has 4 nitrogen and oxygen atoms in total. The topological polar surface area (TPSA) is 69.2 Å². The number of non-ortho nitro benzene ring substituents is 1. The smallest absolute Gasteiger partial charge is 0.269 e. The van der Waals surface area contributed by atoms with Crippen LogP contribution in [0, 0.1) is 10.1 Å². The van der Waals surface area contributed by atoms with Crippen molar-refractivity contribution in [2.24, 2.45) is 5.73 Å². The molecule has 1 aromatic rings. The number of benzene rings is 1. The second-order valence-corrected chi connectivity index (χ2v) is 3.89. The van der Waals surface area contributed by atoms with E-state index in [-0.39, 0.29) is 16.7 Å². The molecule has 2 N–H and O–H groups in total. The molecule has 0 amide bonds. The fourth-order valence-electron chi connectivity index (χ4n) is 1.83. The van der Waals surface area contributed by atoms with Gasteiger partial charge in [-0.3, -0.25) is 10.1 Å². The molecule has 16 heavy (non-hydrogen) atoms. The third-order valence-electron chi connectivity index (χ3n) is 2.72. The highest BCUT2D eigenvalue weighted by molar-refractivity contribution is 5.41. The summed E-state index contributed by atoms with van der Waals surface area (Å²) in [6.07, 6.45) is 2.69. The monoisotopic (exact) mass is 222 g/mol. The first-order valence-corrected chi connectivity index (χ1v) is 5.62. The standard InChI is InChI=1S/C12H18N2O2/c1-3-5-12(13)11-8-10(14(15)16)7-6-9(11)4-2/h6-8,12H,3-5,13H2,1-2H3. The van der Waals surface area contributed by atoms with Crippen LogP contribution in [0.2, 0.25) is 0 Å². The van der Waals surface area contributed by atoms with E-state index in [1.165, 1.54) is 0 Å². The molecule has 0 bridgehead atoms. The van der Waals surface area contributed by atoms with E-state index in [9.17, 15) is 10.1 Å². The number of hydrogen-bond acceptors (Lipinski definition) is 3. The van der Waals surface area contributed by atoms with Gasteiger partial charge in [0.15, 0.2) is 0 Å². The minimum absolute atomic E-state index is 0.0974. The van der Waals surface area contributed by atoms with Crippen LogP contribution in [0.25, 0.3) is 0 Å². The van der Waals surface area contributed by atoms with Crippen molar-refractivity contribution in [3.05, 3.63) is 39.4 Å². The molecule has 0 saturated heterocycles. The third-order valence-corrected chi connectivity index (χ3v) is 2.72. The van der Waals surface area contributed by atoms with Gasteiger partial charge in [-0.25, -0.2) is 0 Å². The molecule has 1 aromatic carbocycles. The Morgan fingerprint density at radius 1 is 1.44 bits per heavy atom. The largest absolute Gasteiger partial charge is 0.324 e. The lowest BCUT2D eigenvalue weighted by Gasteiger charge is -2.14. The maximum atomic E-state index is 10.7. The molecule has 0 saturated carbocycles. The predicted molar refractivity (Wildman–Crippen MR) is 64.3 cm³/mol. The van der Waals surface area contributed by atoms with Gasteiger partial charge in [0.25, 0.3) is 5.69 Å². The van der Waals surface area contributed by atoms with Crippen LogP contribution < -0.4 is 5.73 Å². The SMILES string of the molecule is CCCC(N)c1cc([N+](=O)[O-])ccc1CC. The molecule has 0 aliphatic carbocycles. The Morgan fingerprint density at radius 3 is 2.62 bits per heavy atom. The van der Waals surface area contributed by atoms with Gasteiger partial charge in [-0.15, -0.1) is 0 Å². The summed E-state index contributed by atoms with van der Waals surface area (Å²) < 4.78 is 0. The van der Waals surface area contributed by atoms with Crippen molar-refractivity contribution >= 4 is 5.69 Å². The fraction of sp³-hybridized carbons (Fsp3) is 0.500. The highest BCUT2D eigenvalue weighted by Crippen LogP contribution is 2.25. The summed E-state index contributed by atoms with van der Waals surface area (Å²) >= 11 is 0. The Hall–Kier alpha value is -1.42. The van der Waals surface area contributed by atoms with Gasteiger partial charge in [0.1, 0.15) is 0 Å². The van der Waals surface area contributed by atoms with Gasteiger partial charge in [0.05, 0.1) is 4.92 Å². The molecule has 88 valence electrons. The van der Waals surface area contributed by atoms with Gasteiger partial charge in [-0.2, -0.15) is 0 Å². The minimum atomic E-state index is -0.373. The number of rotatable bonds is 5. The Kier molecular flexibility index (Phi) is 4.43. The Balaban J connectivity index is 3.11. The van der Waals surface area contributed by atoms with Crippen LogP contribution >= 0.6 is 0 Å². The summed E-state index contributed by atoms with van der Waals surface area (Å²) in [6.45, 7) is 4.09. The predicted octanol–water partition coefficient (Wildman–Crippen LogP) is 2.96. The van der Waals surface area contributed by atoms with Gasteiger partial charge in [0, 0.05) is 18.2 Å². The molecule has 1 unspecified atom stereocenters. The lowest BCUT2D eigenvalue weighted by Crippen LogP contribution is -2.12. The summed E-state index contributed by atoms with van der Waals surface area (Å²) in [5.41, 5.74) is 8.17. The second-order valence-electron chi connectivity index (χ2n) is 3.89. The van der Waals surface area contributed by atoms with Gasteiger partial charge in [-0.1, -0.05) is 26.3 Å². The molecule has 0 aliphatic rings. The number of nitro benzene ring substituents is 1. The normalized spacial score (nSPS) is 12.4. The first-order chi connectivity index (χ1) is 7.60. The summed E-state index contributed by atoms with van der Waals surface area (Å²) in [7, 11) is 0. The molecule has 0 aliphatic heterocycles. The second kappa shape index (κ2) is 5.61. The quantitative estimate of drug-likeness (QED) is 0.615. The van der Waals surface area contributed by atoms with E-state index in [1.54, 1.807) is 12.1 Å². The van der Waals surface area contributed by atoms with Crippen molar-refractivity contribution in [1.29, 1.82) is 0 Å². The van der Waals surface area contributed by atoms with E-state index in [0.29, 0.717) is 0 Å². The Labute approximate surface area is 95.6 Å². The highest BCUT2D eigenvalue weighted by atomic mass is 16.6. The third kappa shape index (κ3) is 2.79. The molecule has 1 rings (SSSR count). The van der Waals surface area contributed by atoms with E-state index >= 15 is 0 Å². The molecule has 0 fully saturated rings. The molecule has 0 spiro atoms. The van der Waals surface area contributed by atoms with Crippen molar-refractivity contribution in [3.63, 3.8) is 0 Å². The molecular formula is C12H18N2O2. The molecule has 1 atom stereocenters. The minimum Gasteiger partial charge on any atom is -0.324 e. The number of hydrogen-bond donors (Lipinski definition) is 1. The van der Waals surface area contributed by atoms with Crippen LogP contribution in [-0.2, 0) is 6.42 Å². The van der Waals surface area contributed by atoms with Gasteiger partial charge < -0.3 is 5.73 Å². The summed E-state index contributed by atoms with van der Waals surface area (Å²) in [4.78, 5) is 10.3. The first-order valence-electron chi connectivity index (χ1n) is 5.62. The van der Waals surface area contributed by atoms with Crippen molar-refractivity contribution in [3.8, 4) is 0 Å².